The number of aryl methyl sites for hydroxylation is 1. The maximum Gasteiger partial charge on any atom is 0.312 e. The Morgan fingerprint density at radius 2 is 2.29 bits per heavy atom. The monoisotopic (exact) mass is 287 g/mol. The molecule has 92 valence electrons. The SMILES string of the molecule is O=C(O)C1CCc2sc(C3CSCCS3)nc21. The molecule has 0 amide bonds. The van der Waals surface area contributed by atoms with Crippen molar-refractivity contribution in [3.8, 4) is 0 Å². The van der Waals surface area contributed by atoms with E-state index >= 15 is 0 Å². The van der Waals surface area contributed by atoms with Gasteiger partial charge in [-0.1, -0.05) is 0 Å². The maximum atomic E-state index is 11.1. The van der Waals surface area contributed by atoms with Gasteiger partial charge in [-0.3, -0.25) is 4.79 Å². The molecule has 1 aliphatic heterocycles. The maximum absolute atomic E-state index is 11.1. The lowest BCUT2D eigenvalue weighted by molar-refractivity contribution is -0.138. The third-order valence-electron chi connectivity index (χ3n) is 3.12. The average Bonchev–Trinajstić information content (AvgIpc) is 2.88. The summed E-state index contributed by atoms with van der Waals surface area (Å²) in [6, 6.07) is 0. The van der Waals surface area contributed by atoms with Gasteiger partial charge in [-0.25, -0.2) is 4.98 Å². The molecule has 1 N–H and O–H groups in total. The van der Waals surface area contributed by atoms with Gasteiger partial charge in [0.15, 0.2) is 0 Å². The minimum Gasteiger partial charge on any atom is -0.481 e. The van der Waals surface area contributed by atoms with Crippen LogP contribution in [0.5, 0.6) is 0 Å². The lowest BCUT2D eigenvalue weighted by Crippen LogP contribution is -2.10. The molecule has 3 nitrogen and oxygen atoms in total. The molecular formula is C11H13NO2S3. The number of hydrogen-bond acceptors (Lipinski definition) is 5. The molecular weight excluding hydrogens is 274 g/mol. The zero-order valence-corrected chi connectivity index (χ0v) is 11.7. The summed E-state index contributed by atoms with van der Waals surface area (Å²) in [4.78, 5) is 16.9. The third-order valence-corrected chi connectivity index (χ3v) is 7.28. The van der Waals surface area contributed by atoms with E-state index in [1.807, 2.05) is 23.5 Å². The number of aromatic nitrogens is 1. The molecule has 1 aliphatic carbocycles. The highest BCUT2D eigenvalue weighted by Crippen LogP contribution is 2.43. The predicted octanol–water partition coefficient (Wildman–Crippen LogP) is 2.78. The first-order valence-corrected chi connectivity index (χ1v) is 8.69. The van der Waals surface area contributed by atoms with Crippen LogP contribution in [0.1, 0.15) is 33.2 Å². The zero-order valence-electron chi connectivity index (χ0n) is 9.22. The topological polar surface area (TPSA) is 50.2 Å². The lowest BCUT2D eigenvalue weighted by Gasteiger charge is -2.18. The Balaban J connectivity index is 1.84. The summed E-state index contributed by atoms with van der Waals surface area (Å²) in [6.07, 6.45) is 1.63. The van der Waals surface area contributed by atoms with E-state index in [4.69, 9.17) is 5.11 Å². The number of thiazole rings is 1. The number of hydrogen-bond donors (Lipinski definition) is 1. The van der Waals surface area contributed by atoms with E-state index < -0.39 is 5.97 Å². The van der Waals surface area contributed by atoms with Crippen LogP contribution in [0.3, 0.4) is 0 Å². The Morgan fingerprint density at radius 1 is 1.41 bits per heavy atom. The summed E-state index contributed by atoms with van der Waals surface area (Å²) in [7, 11) is 0. The average molecular weight is 287 g/mol. The molecule has 0 saturated carbocycles. The minimum absolute atomic E-state index is 0.351. The van der Waals surface area contributed by atoms with Crippen LogP contribution in [-0.2, 0) is 11.2 Å². The normalized spacial score (nSPS) is 28.0. The van der Waals surface area contributed by atoms with E-state index in [-0.39, 0.29) is 5.92 Å². The van der Waals surface area contributed by atoms with Crippen molar-refractivity contribution < 1.29 is 9.90 Å². The van der Waals surface area contributed by atoms with Crippen LogP contribution in [0.15, 0.2) is 0 Å². The Kier molecular flexibility index (Phi) is 3.36. The number of nitrogens with zero attached hydrogens (tertiary/aromatic N) is 1. The van der Waals surface area contributed by atoms with Crippen molar-refractivity contribution in [1.82, 2.24) is 4.98 Å². The first kappa shape index (κ1) is 11.9. The van der Waals surface area contributed by atoms with Gasteiger partial charge in [-0.05, 0) is 12.8 Å². The number of carboxylic acids is 1. The molecule has 6 heteroatoms. The largest absolute Gasteiger partial charge is 0.481 e. The first-order chi connectivity index (χ1) is 8.25. The number of aliphatic carboxylic acids is 1. The molecule has 2 atom stereocenters. The van der Waals surface area contributed by atoms with Crippen molar-refractivity contribution >= 4 is 40.8 Å². The molecule has 2 unspecified atom stereocenters. The summed E-state index contributed by atoms with van der Waals surface area (Å²) in [5.41, 5.74) is 0.855. The third kappa shape index (κ3) is 2.22. The quantitative estimate of drug-likeness (QED) is 0.906. The minimum atomic E-state index is -0.716. The smallest absolute Gasteiger partial charge is 0.312 e. The predicted molar refractivity (Wildman–Crippen MR) is 73.3 cm³/mol. The number of carbonyl (C=O) groups is 1. The fraction of sp³-hybridized carbons (Fsp3) is 0.636. The van der Waals surface area contributed by atoms with Crippen LogP contribution in [0.4, 0.5) is 0 Å². The summed E-state index contributed by atoms with van der Waals surface area (Å²) >= 11 is 5.68. The van der Waals surface area contributed by atoms with Crippen molar-refractivity contribution in [2.75, 3.05) is 17.3 Å². The van der Waals surface area contributed by atoms with Crippen LogP contribution in [0.2, 0.25) is 0 Å². The molecule has 17 heavy (non-hydrogen) atoms. The van der Waals surface area contributed by atoms with Gasteiger partial charge in [-0.2, -0.15) is 11.8 Å². The van der Waals surface area contributed by atoms with Crippen LogP contribution in [0.25, 0.3) is 0 Å². The summed E-state index contributed by atoms with van der Waals surface area (Å²) in [5, 5.41) is 10.8. The number of fused-ring (bicyclic) bond motifs is 1. The van der Waals surface area contributed by atoms with Crippen molar-refractivity contribution in [2.45, 2.75) is 24.0 Å². The van der Waals surface area contributed by atoms with E-state index in [2.05, 4.69) is 4.98 Å². The Morgan fingerprint density at radius 3 is 3.00 bits per heavy atom. The van der Waals surface area contributed by atoms with E-state index in [1.165, 1.54) is 16.4 Å². The summed E-state index contributed by atoms with van der Waals surface area (Å²) < 4.78 is 0. The van der Waals surface area contributed by atoms with E-state index in [9.17, 15) is 4.79 Å². The van der Waals surface area contributed by atoms with E-state index in [0.717, 1.165) is 29.3 Å². The first-order valence-electron chi connectivity index (χ1n) is 5.67. The standard InChI is InChI=1S/C11H13NO2S3/c13-11(14)6-1-2-7-9(6)12-10(17-7)8-5-15-3-4-16-8/h6,8H,1-5H2,(H,13,14). The van der Waals surface area contributed by atoms with Crippen molar-refractivity contribution in [1.29, 1.82) is 0 Å². The molecule has 2 aliphatic rings. The second-order valence-corrected chi connectivity index (χ2v) is 7.80. The van der Waals surface area contributed by atoms with Gasteiger partial charge in [0.2, 0.25) is 0 Å². The molecule has 3 rings (SSSR count). The zero-order chi connectivity index (χ0) is 11.8. The van der Waals surface area contributed by atoms with Gasteiger partial charge in [0.1, 0.15) is 10.9 Å². The van der Waals surface area contributed by atoms with Crippen LogP contribution >= 0.6 is 34.9 Å². The van der Waals surface area contributed by atoms with Gasteiger partial charge >= 0.3 is 5.97 Å². The number of rotatable bonds is 2. The van der Waals surface area contributed by atoms with Crippen molar-refractivity contribution in [3.05, 3.63) is 15.6 Å². The molecule has 0 bridgehead atoms. The molecule has 1 fully saturated rings. The molecule has 0 aromatic carbocycles. The van der Waals surface area contributed by atoms with Crippen LogP contribution < -0.4 is 0 Å². The highest BCUT2D eigenvalue weighted by molar-refractivity contribution is 8.06. The fourth-order valence-electron chi connectivity index (χ4n) is 2.25. The van der Waals surface area contributed by atoms with E-state index in [0.29, 0.717) is 5.25 Å². The van der Waals surface area contributed by atoms with Crippen LogP contribution in [0, 0.1) is 0 Å². The second kappa shape index (κ2) is 4.82. The molecule has 2 heterocycles. The van der Waals surface area contributed by atoms with Crippen molar-refractivity contribution in [3.63, 3.8) is 0 Å². The Bertz CT molecular complexity index is 440. The summed E-state index contributed by atoms with van der Waals surface area (Å²) in [5.74, 6) is 2.46. The van der Waals surface area contributed by atoms with E-state index in [1.54, 1.807) is 11.3 Å². The lowest BCUT2D eigenvalue weighted by atomic mass is 10.1. The molecule has 1 aromatic heterocycles. The Hall–Kier alpha value is -0.200. The Labute approximate surface area is 112 Å². The van der Waals surface area contributed by atoms with Gasteiger partial charge in [0.25, 0.3) is 0 Å². The van der Waals surface area contributed by atoms with Gasteiger partial charge in [0.05, 0.1) is 10.9 Å². The number of carboxylic acid groups (broad SMARTS) is 1. The van der Waals surface area contributed by atoms with Crippen molar-refractivity contribution in [2.24, 2.45) is 0 Å². The van der Waals surface area contributed by atoms with Gasteiger partial charge in [-0.15, -0.1) is 23.1 Å². The number of thioether (sulfide) groups is 2. The fourth-order valence-corrected chi connectivity index (χ4v) is 6.38. The molecule has 0 radical (unpaired) electrons. The highest BCUT2D eigenvalue weighted by atomic mass is 32.2. The highest BCUT2D eigenvalue weighted by Gasteiger charge is 2.33. The second-order valence-electron chi connectivity index (χ2n) is 4.22. The summed E-state index contributed by atoms with van der Waals surface area (Å²) in [6.45, 7) is 0. The van der Waals surface area contributed by atoms with Gasteiger partial charge < -0.3 is 5.11 Å². The van der Waals surface area contributed by atoms with Crippen LogP contribution in [-0.4, -0.2) is 33.3 Å². The van der Waals surface area contributed by atoms with Gasteiger partial charge in [0, 0.05) is 22.1 Å². The molecule has 1 saturated heterocycles. The molecule has 1 aromatic rings. The molecule has 0 spiro atoms.